The molecule has 8 atom stereocenters. The molecule has 3 saturated carbocycles. The molecule has 0 amide bonds. The molecular formula is C37H45F2NO6S2. The van der Waals surface area contributed by atoms with E-state index < -0.39 is 49.6 Å². The van der Waals surface area contributed by atoms with Crippen LogP contribution in [0.2, 0.25) is 0 Å². The van der Waals surface area contributed by atoms with E-state index in [0.717, 1.165) is 29.9 Å². The molecule has 2 N–H and O–H groups in total. The highest BCUT2D eigenvalue weighted by atomic mass is 32.2. The number of hydrogen-bond donors (Lipinski definition) is 2. The number of nitrogens with zero attached hydrogens (tertiary/aromatic N) is 1. The number of methoxy groups -OCH3 is 1. The average molecular weight is 702 g/mol. The van der Waals surface area contributed by atoms with E-state index in [-0.39, 0.29) is 45.9 Å². The van der Waals surface area contributed by atoms with Crippen LogP contribution in [0.4, 0.5) is 8.78 Å². The van der Waals surface area contributed by atoms with Crippen molar-refractivity contribution in [2.45, 2.75) is 81.1 Å². The van der Waals surface area contributed by atoms with E-state index in [9.17, 15) is 32.2 Å². The first-order chi connectivity index (χ1) is 22.7. The third-order valence-corrected chi connectivity index (χ3v) is 16.6. The van der Waals surface area contributed by atoms with Gasteiger partial charge in [-0.05, 0) is 98.3 Å². The van der Waals surface area contributed by atoms with Crippen LogP contribution in [-0.4, -0.2) is 67.2 Å². The van der Waals surface area contributed by atoms with Gasteiger partial charge in [0.1, 0.15) is 4.21 Å². The fourth-order valence-electron chi connectivity index (χ4n) is 10.9. The molecule has 0 saturated heterocycles. The minimum Gasteiger partial charge on any atom is -0.393 e. The summed E-state index contributed by atoms with van der Waals surface area (Å²) >= 11 is 1.15. The van der Waals surface area contributed by atoms with Crippen molar-refractivity contribution in [2.75, 3.05) is 26.8 Å². The van der Waals surface area contributed by atoms with Crippen molar-refractivity contribution >= 4 is 27.1 Å². The third kappa shape index (κ3) is 4.67. The second kappa shape index (κ2) is 11.6. The number of hydrogen-bond acceptors (Lipinski definition) is 7. The van der Waals surface area contributed by atoms with Crippen LogP contribution in [0.15, 0.2) is 63.7 Å². The zero-order valence-electron chi connectivity index (χ0n) is 27.8. The first-order valence-corrected chi connectivity index (χ1v) is 19.4. The molecule has 6 aliphatic rings. The van der Waals surface area contributed by atoms with Crippen LogP contribution in [0, 0.1) is 45.1 Å². The molecule has 260 valence electrons. The molecular weight excluding hydrogens is 657 g/mol. The SMILES string of the molecule is COCCCN(CC1(O)CCC2C34C=CC5(C=C3C(=O)c3ccc(F)c(F)c3)CC(O)CCC5(C)C4CCC21C)S(=O)(=O)c1cccs1. The van der Waals surface area contributed by atoms with Crippen LogP contribution in [0.1, 0.15) is 75.6 Å². The van der Waals surface area contributed by atoms with Crippen LogP contribution >= 0.6 is 11.3 Å². The van der Waals surface area contributed by atoms with Crippen LogP contribution in [0.3, 0.4) is 0 Å². The zero-order valence-corrected chi connectivity index (χ0v) is 29.4. The van der Waals surface area contributed by atoms with Crippen LogP contribution in [0.25, 0.3) is 0 Å². The first kappa shape index (κ1) is 34.2. The largest absolute Gasteiger partial charge is 0.393 e. The molecule has 0 radical (unpaired) electrons. The van der Waals surface area contributed by atoms with Gasteiger partial charge in [0.25, 0.3) is 10.0 Å². The molecule has 3 fully saturated rings. The van der Waals surface area contributed by atoms with Gasteiger partial charge in [-0.1, -0.05) is 38.1 Å². The summed E-state index contributed by atoms with van der Waals surface area (Å²) in [5, 5.41) is 25.4. The number of allylic oxidation sites excluding steroid dienone is 4. The lowest BCUT2D eigenvalue weighted by Gasteiger charge is -2.71. The molecule has 8 rings (SSSR count). The molecule has 48 heavy (non-hydrogen) atoms. The number of sulfonamides is 1. The highest BCUT2D eigenvalue weighted by Crippen LogP contribution is 2.78. The summed E-state index contributed by atoms with van der Waals surface area (Å²) in [6.45, 7) is 4.80. The Labute approximate surface area is 285 Å². The van der Waals surface area contributed by atoms with Gasteiger partial charge in [-0.2, -0.15) is 4.31 Å². The van der Waals surface area contributed by atoms with Gasteiger partial charge >= 0.3 is 0 Å². The van der Waals surface area contributed by atoms with E-state index in [1.54, 1.807) is 24.6 Å². The third-order valence-electron chi connectivity index (χ3n) is 13.4. The van der Waals surface area contributed by atoms with Gasteiger partial charge in [0.2, 0.25) is 0 Å². The number of aliphatic hydroxyl groups excluding tert-OH is 1. The second-order valence-electron chi connectivity index (χ2n) is 15.4. The number of ether oxygens (including phenoxy) is 1. The molecule has 1 aromatic carbocycles. The van der Waals surface area contributed by atoms with Crippen LogP contribution in [-0.2, 0) is 14.8 Å². The number of carbonyl (C=O) groups excluding carboxylic acids is 1. The monoisotopic (exact) mass is 701 g/mol. The smallest absolute Gasteiger partial charge is 0.252 e. The quantitative estimate of drug-likeness (QED) is 0.166. The summed E-state index contributed by atoms with van der Waals surface area (Å²) in [6.07, 6.45) is 10.4. The van der Waals surface area contributed by atoms with Gasteiger partial charge in [-0.25, -0.2) is 17.2 Å². The molecule has 0 aliphatic heterocycles. The molecule has 6 aliphatic carbocycles. The Morgan fingerprint density at radius 1 is 1.04 bits per heavy atom. The number of ketones is 1. The number of rotatable bonds is 10. The minimum absolute atomic E-state index is 0.00447. The Morgan fingerprint density at radius 2 is 1.77 bits per heavy atom. The number of halogens is 2. The summed E-state index contributed by atoms with van der Waals surface area (Å²) in [5.41, 5.74) is -3.23. The maximum Gasteiger partial charge on any atom is 0.252 e. The molecule has 11 heteroatoms. The highest BCUT2D eigenvalue weighted by Gasteiger charge is 2.74. The molecule has 7 nitrogen and oxygen atoms in total. The lowest BCUT2D eigenvalue weighted by molar-refractivity contribution is -0.173. The van der Waals surface area contributed by atoms with E-state index in [4.69, 9.17) is 4.74 Å². The van der Waals surface area contributed by atoms with Crippen molar-refractivity contribution < 1.29 is 36.9 Å². The Hall–Kier alpha value is -2.28. The number of thiophene rings is 1. The lowest BCUT2D eigenvalue weighted by atomic mass is 9.32. The minimum atomic E-state index is -3.90. The summed E-state index contributed by atoms with van der Waals surface area (Å²) in [5.74, 6) is -2.71. The molecule has 2 spiro atoms. The van der Waals surface area contributed by atoms with Crippen molar-refractivity contribution in [3.63, 3.8) is 0 Å². The van der Waals surface area contributed by atoms with Crippen LogP contribution in [0.5, 0.6) is 0 Å². The van der Waals surface area contributed by atoms with Crippen molar-refractivity contribution in [3.8, 4) is 0 Å². The number of aliphatic hydroxyl groups is 2. The van der Waals surface area contributed by atoms with Crippen LogP contribution < -0.4 is 0 Å². The van der Waals surface area contributed by atoms with Crippen molar-refractivity contribution in [1.29, 1.82) is 0 Å². The predicted octanol–water partition coefficient (Wildman–Crippen LogP) is 6.53. The van der Waals surface area contributed by atoms with E-state index >= 15 is 0 Å². The van der Waals surface area contributed by atoms with Crippen molar-refractivity contribution in [1.82, 2.24) is 4.31 Å². The second-order valence-corrected chi connectivity index (χ2v) is 18.5. The lowest BCUT2D eigenvalue weighted by Crippen LogP contribution is -2.67. The van der Waals surface area contributed by atoms with Gasteiger partial charge in [0, 0.05) is 54.2 Å². The highest BCUT2D eigenvalue weighted by molar-refractivity contribution is 7.91. The topological polar surface area (TPSA) is 104 Å². The number of benzene rings is 1. The Kier molecular flexibility index (Phi) is 8.28. The molecule has 1 heterocycles. The Morgan fingerprint density at radius 3 is 2.48 bits per heavy atom. The number of Topliss-reactive ketones (excluding diaryl/α,β-unsaturated/α-hetero) is 1. The van der Waals surface area contributed by atoms with Gasteiger partial charge in [0.05, 0.1) is 11.7 Å². The normalized spacial score (nSPS) is 38.4. The van der Waals surface area contributed by atoms with E-state index in [1.807, 2.05) is 6.08 Å². The number of carbonyl (C=O) groups is 1. The predicted molar refractivity (Wildman–Crippen MR) is 179 cm³/mol. The van der Waals surface area contributed by atoms with E-state index in [0.29, 0.717) is 57.1 Å². The Balaban J connectivity index is 1.33. The summed E-state index contributed by atoms with van der Waals surface area (Å²) in [6, 6.07) is 6.55. The fourth-order valence-corrected chi connectivity index (χ4v) is 13.6. The molecule has 1 aromatic heterocycles. The summed E-state index contributed by atoms with van der Waals surface area (Å²) < 4.78 is 63.3. The van der Waals surface area contributed by atoms with Gasteiger partial charge in [0.15, 0.2) is 17.4 Å². The number of fused-ring (bicyclic) bond motifs is 1. The molecule has 2 aromatic rings. The molecule has 2 bridgehead atoms. The summed E-state index contributed by atoms with van der Waals surface area (Å²) in [7, 11) is -2.33. The van der Waals surface area contributed by atoms with Crippen molar-refractivity contribution in [2.24, 2.45) is 33.5 Å². The standard InChI is InChI=1S/C37H45F2NO6S2/c1-33-12-9-25(41)21-35(33)15-16-37(26(22-35)32(42)24-7-8-27(38)28(39)20-24)29(33)10-13-34(2)30(37)11-14-36(34,43)23-40(17-5-18-46-3)48(44,45)31-6-4-19-47-31/h4,6-8,15-16,19-20,22,25,29-30,41,43H,5,9-14,17-18,21,23H2,1-3H3. The Bertz CT molecular complexity index is 1780. The first-order valence-electron chi connectivity index (χ1n) is 17.0. The van der Waals surface area contributed by atoms with Gasteiger partial charge < -0.3 is 14.9 Å². The van der Waals surface area contributed by atoms with Crippen molar-refractivity contribution in [3.05, 3.63) is 76.7 Å². The maximum absolute atomic E-state index is 14.6. The molecule has 8 unspecified atom stereocenters. The summed E-state index contributed by atoms with van der Waals surface area (Å²) in [4.78, 5) is 14.6. The maximum atomic E-state index is 14.6. The fraction of sp³-hybridized carbons (Fsp3) is 0.595. The van der Waals surface area contributed by atoms with E-state index in [1.165, 1.54) is 10.4 Å². The zero-order chi connectivity index (χ0) is 34.3. The van der Waals surface area contributed by atoms with Gasteiger partial charge in [-0.3, -0.25) is 4.79 Å². The average Bonchev–Trinajstić information content (AvgIpc) is 3.69. The van der Waals surface area contributed by atoms with Gasteiger partial charge in [-0.15, -0.1) is 11.3 Å². The van der Waals surface area contributed by atoms with E-state index in [2.05, 4.69) is 26.0 Å².